The summed E-state index contributed by atoms with van der Waals surface area (Å²) in [6.45, 7) is 8.20. The van der Waals surface area contributed by atoms with Gasteiger partial charge in [-0.1, -0.05) is 27.7 Å². The fourth-order valence-corrected chi connectivity index (χ4v) is 11.2. The number of carbonyl (C=O) groups is 6. The van der Waals surface area contributed by atoms with Gasteiger partial charge in [0.2, 0.25) is 11.2 Å². The van der Waals surface area contributed by atoms with E-state index in [4.69, 9.17) is 48.0 Å². The standard InChI is InChI=1S/C58H59N5O18/c1-6-34-36-20-31(64)10-13-44(36)59-49-38(34)24-62-46(49)22-42-40(52(62)69)28-77-55(72)57(42,8-3)80-48(67)15-12-33(66)27-75-16-18-76-30(5)26-74-17-19-79-61-51(68)54(71)81-58(9-4)43-23-47-50-39(25-63(47)53(70)41(43)29-78-56(58)73)35(7-2)37-21-32(65)11-14-45(37)60-50/h10-11,13-14,20-23,30,64-65H,6-9,12,15-19,24-29H2,1-5H3,(H,61,68)/t30?,57-,58-/m0/s1. The number of fused-ring (bicyclic) bond motifs is 10. The number of rotatable bonds is 21. The number of nitrogens with one attached hydrogen (secondary N) is 1. The van der Waals surface area contributed by atoms with Crippen LogP contribution in [0.3, 0.4) is 0 Å². The van der Waals surface area contributed by atoms with E-state index in [1.807, 2.05) is 19.3 Å². The molecule has 0 saturated carbocycles. The third-order valence-electron chi connectivity index (χ3n) is 15.3. The van der Waals surface area contributed by atoms with Gasteiger partial charge in [0, 0.05) is 39.4 Å². The number of ketones is 1. The lowest BCUT2D eigenvalue weighted by molar-refractivity contribution is -0.192. The zero-order chi connectivity index (χ0) is 57.5. The Morgan fingerprint density at radius 3 is 1.70 bits per heavy atom. The molecule has 4 aliphatic heterocycles. The monoisotopic (exact) mass is 1110 g/mol. The topological polar surface area (TPSA) is 299 Å². The van der Waals surface area contributed by atoms with Gasteiger partial charge < -0.3 is 52.5 Å². The molecule has 0 spiro atoms. The van der Waals surface area contributed by atoms with E-state index < -0.39 is 64.0 Å². The molecule has 3 N–H and O–H groups in total. The minimum absolute atomic E-state index is 0.0280. The second-order valence-electron chi connectivity index (χ2n) is 20.1. The number of phenolic OH excluding ortho intramolecular Hbond substituents is 2. The summed E-state index contributed by atoms with van der Waals surface area (Å²) in [7, 11) is 0. The van der Waals surface area contributed by atoms with Crippen molar-refractivity contribution in [3.8, 4) is 34.3 Å². The fraction of sp³-hybridized carbons (Fsp3) is 0.414. The van der Waals surface area contributed by atoms with E-state index in [0.29, 0.717) is 46.7 Å². The number of phenols is 2. The summed E-state index contributed by atoms with van der Waals surface area (Å²) < 4.78 is 42.1. The van der Waals surface area contributed by atoms with E-state index in [9.17, 15) is 48.6 Å². The van der Waals surface area contributed by atoms with Crippen molar-refractivity contribution in [1.82, 2.24) is 24.6 Å². The Morgan fingerprint density at radius 2 is 1.19 bits per heavy atom. The van der Waals surface area contributed by atoms with Gasteiger partial charge in [0.1, 0.15) is 31.3 Å². The van der Waals surface area contributed by atoms with E-state index in [-0.39, 0.29) is 125 Å². The summed E-state index contributed by atoms with van der Waals surface area (Å²) in [6.07, 6.45) is -0.109. The van der Waals surface area contributed by atoms with Gasteiger partial charge in [-0.25, -0.2) is 29.8 Å². The highest BCUT2D eigenvalue weighted by atomic mass is 16.7. The van der Waals surface area contributed by atoms with Crippen molar-refractivity contribution in [1.29, 1.82) is 0 Å². The second-order valence-corrected chi connectivity index (χ2v) is 20.1. The van der Waals surface area contributed by atoms with Gasteiger partial charge in [-0.05, 0) is 92.3 Å². The van der Waals surface area contributed by atoms with Crippen molar-refractivity contribution in [2.24, 2.45) is 0 Å². The summed E-state index contributed by atoms with van der Waals surface area (Å²) in [5, 5.41) is 21.9. The van der Waals surface area contributed by atoms with E-state index in [1.54, 1.807) is 61.7 Å². The number of hydrogen-bond donors (Lipinski definition) is 3. The molecular formula is C58H59N5O18. The average Bonchev–Trinajstić information content (AvgIpc) is 4.07. The van der Waals surface area contributed by atoms with Crippen molar-refractivity contribution in [2.75, 3.05) is 39.6 Å². The Morgan fingerprint density at radius 1 is 0.667 bits per heavy atom. The van der Waals surface area contributed by atoms with Crippen LogP contribution >= 0.6 is 0 Å². The summed E-state index contributed by atoms with van der Waals surface area (Å²) >= 11 is 0. The second kappa shape index (κ2) is 22.6. The molecule has 0 fully saturated rings. The highest BCUT2D eigenvalue weighted by Gasteiger charge is 2.52. The quantitative estimate of drug-likeness (QED) is 0.0290. The zero-order valence-electron chi connectivity index (χ0n) is 45.2. The van der Waals surface area contributed by atoms with E-state index in [1.165, 1.54) is 16.7 Å². The van der Waals surface area contributed by atoms with Crippen molar-refractivity contribution in [2.45, 2.75) is 117 Å². The molecule has 1 unspecified atom stereocenters. The lowest BCUT2D eigenvalue weighted by atomic mass is 9.85. The lowest BCUT2D eigenvalue weighted by Gasteiger charge is -2.35. The molecule has 4 aliphatic rings. The molecule has 0 aliphatic carbocycles. The first-order chi connectivity index (χ1) is 39.0. The van der Waals surface area contributed by atoms with Crippen LogP contribution in [-0.4, -0.2) is 111 Å². The normalized spacial score (nSPS) is 17.7. The molecule has 0 bridgehead atoms. The highest BCUT2D eigenvalue weighted by Crippen LogP contribution is 2.45. The van der Waals surface area contributed by atoms with Gasteiger partial charge >= 0.3 is 29.8 Å². The molecule has 10 rings (SSSR count). The number of nitrogens with zero attached hydrogens (tertiary/aromatic N) is 4. The summed E-state index contributed by atoms with van der Waals surface area (Å²) in [6, 6.07) is 13.0. The van der Waals surface area contributed by atoms with E-state index >= 15 is 0 Å². The van der Waals surface area contributed by atoms with Gasteiger partial charge in [-0.15, -0.1) is 0 Å². The lowest BCUT2D eigenvalue weighted by Crippen LogP contribution is -2.49. The third-order valence-corrected chi connectivity index (χ3v) is 15.3. The number of ether oxygens (including phenoxy) is 7. The number of esters is 4. The Labute approximate surface area is 461 Å². The molecule has 8 heterocycles. The van der Waals surface area contributed by atoms with Gasteiger partial charge in [0.25, 0.3) is 11.1 Å². The molecular weight excluding hydrogens is 1050 g/mol. The van der Waals surface area contributed by atoms with Crippen LogP contribution < -0.4 is 16.6 Å². The predicted octanol–water partition coefficient (Wildman–Crippen LogP) is 4.65. The van der Waals surface area contributed by atoms with Crippen LogP contribution in [0.5, 0.6) is 11.5 Å². The van der Waals surface area contributed by atoms with Gasteiger partial charge in [-0.2, -0.15) is 0 Å². The highest BCUT2D eigenvalue weighted by molar-refractivity contribution is 6.32. The number of Topliss-reactive ketones (excluding diaryl/α,β-unsaturated/α-hetero) is 1. The molecule has 6 aromatic rings. The number of amides is 1. The van der Waals surface area contributed by atoms with Crippen molar-refractivity contribution < 1.29 is 77.0 Å². The minimum atomic E-state index is -2.14. The van der Waals surface area contributed by atoms with Gasteiger partial charge in [0.15, 0.2) is 5.78 Å². The molecule has 424 valence electrons. The van der Waals surface area contributed by atoms with Gasteiger partial charge in [0.05, 0.1) is 104 Å². The van der Waals surface area contributed by atoms with E-state index in [0.717, 1.165) is 33.0 Å². The number of aromatic hydroxyl groups is 2. The van der Waals surface area contributed by atoms with Crippen LogP contribution in [0.25, 0.3) is 44.6 Å². The molecule has 23 nitrogen and oxygen atoms in total. The van der Waals surface area contributed by atoms with Crippen molar-refractivity contribution >= 4 is 57.4 Å². The smallest absolute Gasteiger partial charge is 0.400 e. The number of aryl methyl sites for hydroxylation is 2. The SMILES string of the molecule is CCc1c2c(nc3ccc(O)cc13)-c1cc3c(c(=O)n1C2)COC(=O)[C@@]3(CC)OC(=O)CCC(=O)COCCOC(C)COCCONC(=O)C(=O)O[C@]1(CC)C(=O)OCc2c1cc1n(c2=O)Cc2c-1nc1ccc(O)cc1c2CC. The van der Waals surface area contributed by atoms with Crippen LogP contribution in [0.2, 0.25) is 0 Å². The number of aromatic nitrogens is 4. The molecule has 4 aromatic heterocycles. The van der Waals surface area contributed by atoms with Crippen molar-refractivity contribution in [3.63, 3.8) is 0 Å². The molecule has 0 radical (unpaired) electrons. The largest absolute Gasteiger partial charge is 0.508 e. The Kier molecular flexibility index (Phi) is 15.6. The number of carbonyl (C=O) groups excluding carboxylic acids is 6. The molecule has 0 saturated heterocycles. The fourth-order valence-electron chi connectivity index (χ4n) is 11.2. The van der Waals surface area contributed by atoms with Gasteiger partial charge in [-0.3, -0.25) is 28.8 Å². The first kappa shape index (κ1) is 55.9. The first-order valence-electron chi connectivity index (χ1n) is 26.8. The maximum Gasteiger partial charge on any atom is 0.400 e. The molecule has 1 amide bonds. The summed E-state index contributed by atoms with van der Waals surface area (Å²) in [5.41, 5.74) is 4.15. The van der Waals surface area contributed by atoms with Crippen LogP contribution in [0.4, 0.5) is 0 Å². The molecule has 3 atom stereocenters. The molecule has 23 heteroatoms. The van der Waals surface area contributed by atoms with Crippen LogP contribution in [0, 0.1) is 0 Å². The Hall–Kier alpha value is -8.38. The maximum absolute atomic E-state index is 14.0. The Balaban J connectivity index is 0.649. The number of cyclic esters (lactones) is 2. The number of hydroxylamine groups is 1. The van der Waals surface area contributed by atoms with Crippen LogP contribution in [-0.2, 0) is 117 Å². The van der Waals surface area contributed by atoms with Crippen molar-refractivity contribution in [3.05, 3.63) is 114 Å². The third kappa shape index (κ3) is 10.1. The summed E-state index contributed by atoms with van der Waals surface area (Å²) in [5.74, 6) is -5.68. The number of pyridine rings is 4. The van der Waals surface area contributed by atoms with Crippen LogP contribution in [0.15, 0.2) is 58.1 Å². The predicted molar refractivity (Wildman–Crippen MR) is 284 cm³/mol. The molecule has 2 aromatic carbocycles. The summed E-state index contributed by atoms with van der Waals surface area (Å²) in [4.78, 5) is 122. The average molecular weight is 1110 g/mol. The number of hydrogen-bond acceptors (Lipinski definition) is 20. The Bertz CT molecular complexity index is 3740. The number of benzene rings is 2. The molecule has 81 heavy (non-hydrogen) atoms. The zero-order valence-corrected chi connectivity index (χ0v) is 45.2. The first-order valence-corrected chi connectivity index (χ1v) is 26.8. The van der Waals surface area contributed by atoms with Crippen LogP contribution in [0.1, 0.15) is 105 Å². The maximum atomic E-state index is 14.0. The minimum Gasteiger partial charge on any atom is -0.508 e. The van der Waals surface area contributed by atoms with E-state index in [2.05, 4.69) is 0 Å².